The fourth-order valence-corrected chi connectivity index (χ4v) is 3.12. The summed E-state index contributed by atoms with van der Waals surface area (Å²) < 4.78 is 32.8. The molecule has 0 saturated carbocycles. The Morgan fingerprint density at radius 1 is 1.57 bits per heavy atom. The molecule has 2 heterocycles. The molecule has 0 radical (unpaired) electrons. The Bertz CT molecular complexity index is 633. The lowest BCUT2D eigenvalue weighted by atomic mass is 10.0. The maximum Gasteiger partial charge on any atom is 0.273 e. The molecule has 2 rings (SSSR count). The highest BCUT2D eigenvalue weighted by molar-refractivity contribution is 7.15. The van der Waals surface area contributed by atoms with Crippen molar-refractivity contribution < 1.29 is 23.1 Å². The number of rotatable bonds is 4. The van der Waals surface area contributed by atoms with Crippen LogP contribution in [0.25, 0.3) is 0 Å². The predicted octanol–water partition coefficient (Wildman–Crippen LogP) is 1.61. The highest BCUT2D eigenvalue weighted by Gasteiger charge is 2.46. The second kappa shape index (κ2) is 6.61. The Balaban J connectivity index is 2.16. The Morgan fingerprint density at radius 2 is 2.26 bits per heavy atom. The molecule has 0 aromatic carbocycles. The van der Waals surface area contributed by atoms with Gasteiger partial charge >= 0.3 is 0 Å². The van der Waals surface area contributed by atoms with Crippen LogP contribution in [-0.2, 0) is 4.79 Å². The number of aromatic nitrogens is 1. The lowest BCUT2D eigenvalue weighted by Crippen LogP contribution is -2.59. The van der Waals surface area contributed by atoms with E-state index >= 15 is 0 Å². The number of hydrogen-bond donors (Lipinski definition) is 1. The molecular formula is C14H17F2N3O3S. The fourth-order valence-electron chi connectivity index (χ4n) is 2.27. The van der Waals surface area contributed by atoms with Gasteiger partial charge in [-0.15, -0.1) is 0 Å². The first-order chi connectivity index (χ1) is 10.8. The predicted molar refractivity (Wildman–Crippen MR) is 81.0 cm³/mol. The van der Waals surface area contributed by atoms with Gasteiger partial charge in [0.2, 0.25) is 5.91 Å². The van der Waals surface area contributed by atoms with Gasteiger partial charge in [-0.2, -0.15) is 0 Å². The summed E-state index contributed by atoms with van der Waals surface area (Å²) in [5, 5.41) is 2.53. The number of hydrogen-bond acceptors (Lipinski definition) is 5. The van der Waals surface area contributed by atoms with Gasteiger partial charge in [-0.3, -0.25) is 9.59 Å². The summed E-state index contributed by atoms with van der Waals surface area (Å²) in [7, 11) is 1.44. The van der Waals surface area contributed by atoms with E-state index in [1.165, 1.54) is 12.0 Å². The van der Waals surface area contributed by atoms with Gasteiger partial charge in [0.05, 0.1) is 12.8 Å². The van der Waals surface area contributed by atoms with Crippen LogP contribution in [0.2, 0.25) is 0 Å². The van der Waals surface area contributed by atoms with Crippen molar-refractivity contribution in [2.24, 2.45) is 0 Å². The monoisotopic (exact) mass is 345 g/mol. The summed E-state index contributed by atoms with van der Waals surface area (Å²) in [5.74, 6) is -4.16. The van der Waals surface area contributed by atoms with Crippen LogP contribution in [0.1, 0.15) is 21.8 Å². The van der Waals surface area contributed by atoms with Gasteiger partial charge in [0.1, 0.15) is 10.9 Å². The average molecular weight is 345 g/mol. The summed E-state index contributed by atoms with van der Waals surface area (Å²) in [6.45, 7) is 4.53. The molecule has 1 N–H and O–H groups in total. The molecule has 9 heteroatoms. The van der Waals surface area contributed by atoms with Gasteiger partial charge in [-0.25, -0.2) is 13.8 Å². The number of amides is 2. The van der Waals surface area contributed by atoms with E-state index in [4.69, 9.17) is 4.74 Å². The average Bonchev–Trinajstić information content (AvgIpc) is 2.89. The fraction of sp³-hybridized carbons (Fsp3) is 0.500. The molecule has 1 unspecified atom stereocenters. The SMILES string of the molecule is C=CC(=O)NC1CN(C(=O)c2sc(OC)nc2C)CCC1(F)F. The van der Waals surface area contributed by atoms with Crippen LogP contribution < -0.4 is 10.1 Å². The maximum atomic E-state index is 13.9. The van der Waals surface area contributed by atoms with Crippen LogP contribution in [0.3, 0.4) is 0 Å². The van der Waals surface area contributed by atoms with Crippen molar-refractivity contribution in [3.05, 3.63) is 23.2 Å². The van der Waals surface area contributed by atoms with E-state index in [2.05, 4.69) is 16.9 Å². The minimum Gasteiger partial charge on any atom is -0.473 e. The van der Waals surface area contributed by atoms with E-state index in [0.29, 0.717) is 15.8 Å². The van der Waals surface area contributed by atoms with Crippen LogP contribution in [0.4, 0.5) is 8.78 Å². The van der Waals surface area contributed by atoms with Crippen LogP contribution >= 0.6 is 11.3 Å². The Hall–Kier alpha value is -2.03. The maximum absolute atomic E-state index is 13.9. The van der Waals surface area contributed by atoms with Crippen LogP contribution in [0.15, 0.2) is 12.7 Å². The number of halogens is 2. The number of nitrogens with one attached hydrogen (secondary N) is 1. The second-order valence-corrected chi connectivity index (χ2v) is 6.09. The number of aryl methyl sites for hydroxylation is 1. The molecule has 23 heavy (non-hydrogen) atoms. The van der Waals surface area contributed by atoms with Gasteiger partial charge in [-0.1, -0.05) is 17.9 Å². The number of ether oxygens (including phenoxy) is 1. The zero-order chi connectivity index (χ0) is 17.2. The summed E-state index contributed by atoms with van der Waals surface area (Å²) in [6.07, 6.45) is 0.408. The first kappa shape index (κ1) is 17.3. The second-order valence-electron chi connectivity index (χ2n) is 5.13. The summed E-state index contributed by atoms with van der Waals surface area (Å²) in [6, 6.07) is -1.44. The normalized spacial score (nSPS) is 20.0. The third kappa shape index (κ3) is 3.66. The first-order valence-electron chi connectivity index (χ1n) is 6.90. The third-order valence-corrected chi connectivity index (χ3v) is 4.67. The zero-order valence-electron chi connectivity index (χ0n) is 12.8. The van der Waals surface area contributed by atoms with E-state index in [-0.39, 0.29) is 13.1 Å². The third-order valence-electron chi connectivity index (χ3n) is 3.56. The molecule has 0 spiro atoms. The minimum absolute atomic E-state index is 0.0913. The van der Waals surface area contributed by atoms with Crippen molar-refractivity contribution in [3.8, 4) is 5.19 Å². The van der Waals surface area contributed by atoms with Gasteiger partial charge in [-0.05, 0) is 13.0 Å². The van der Waals surface area contributed by atoms with Gasteiger partial charge in [0.15, 0.2) is 0 Å². The van der Waals surface area contributed by atoms with Crippen molar-refractivity contribution >= 4 is 23.2 Å². The highest BCUT2D eigenvalue weighted by Crippen LogP contribution is 2.31. The largest absolute Gasteiger partial charge is 0.473 e. The molecule has 1 atom stereocenters. The molecule has 1 aliphatic heterocycles. The standard InChI is InChI=1S/C14H17F2N3O3S/c1-4-10(20)18-9-7-19(6-5-14(9,15)16)12(21)11-8(2)17-13(22-3)23-11/h4,9H,1,5-7H2,2-3H3,(H,18,20). The van der Waals surface area contributed by atoms with Crippen molar-refractivity contribution in [3.63, 3.8) is 0 Å². The number of methoxy groups -OCH3 is 1. The highest BCUT2D eigenvalue weighted by atomic mass is 32.1. The van der Waals surface area contributed by atoms with Crippen molar-refractivity contribution in [2.45, 2.75) is 25.3 Å². The number of likely N-dealkylation sites (tertiary alicyclic amines) is 1. The lowest BCUT2D eigenvalue weighted by Gasteiger charge is -2.38. The smallest absolute Gasteiger partial charge is 0.273 e. The Kier molecular flexibility index (Phi) is 4.98. The first-order valence-corrected chi connectivity index (χ1v) is 7.71. The summed E-state index contributed by atoms with van der Waals surface area (Å²) in [5.41, 5.74) is 0.487. The molecule has 1 saturated heterocycles. The molecule has 6 nitrogen and oxygen atoms in total. The molecule has 0 bridgehead atoms. The molecule has 1 aromatic rings. The minimum atomic E-state index is -3.07. The molecule has 0 aliphatic carbocycles. The molecule has 126 valence electrons. The zero-order valence-corrected chi connectivity index (χ0v) is 13.6. The number of carbonyl (C=O) groups excluding carboxylic acids is 2. The number of carbonyl (C=O) groups is 2. The van der Waals surface area contributed by atoms with Crippen molar-refractivity contribution in [1.29, 1.82) is 0 Å². The van der Waals surface area contributed by atoms with E-state index < -0.39 is 30.2 Å². The molecule has 1 fully saturated rings. The van der Waals surface area contributed by atoms with Crippen molar-refractivity contribution in [2.75, 3.05) is 20.2 Å². The van der Waals surface area contributed by atoms with Crippen LogP contribution in [-0.4, -0.2) is 53.9 Å². The molecular weight excluding hydrogens is 328 g/mol. The molecule has 1 aliphatic rings. The van der Waals surface area contributed by atoms with Crippen molar-refractivity contribution in [1.82, 2.24) is 15.2 Å². The van der Waals surface area contributed by atoms with E-state index in [1.807, 2.05) is 0 Å². The molecule has 2 amide bonds. The molecule has 1 aromatic heterocycles. The Morgan fingerprint density at radius 3 is 2.83 bits per heavy atom. The quantitative estimate of drug-likeness (QED) is 0.842. The Labute approximate surface area is 136 Å². The van der Waals surface area contributed by atoms with Crippen LogP contribution in [0, 0.1) is 6.92 Å². The topological polar surface area (TPSA) is 71.5 Å². The van der Waals surface area contributed by atoms with E-state index in [9.17, 15) is 18.4 Å². The van der Waals surface area contributed by atoms with E-state index in [1.54, 1.807) is 6.92 Å². The van der Waals surface area contributed by atoms with Crippen LogP contribution in [0.5, 0.6) is 5.19 Å². The summed E-state index contributed by atoms with van der Waals surface area (Å²) in [4.78, 5) is 29.6. The van der Waals surface area contributed by atoms with Gasteiger partial charge in [0, 0.05) is 19.5 Å². The van der Waals surface area contributed by atoms with E-state index in [0.717, 1.165) is 17.4 Å². The number of nitrogens with zero attached hydrogens (tertiary/aromatic N) is 2. The lowest BCUT2D eigenvalue weighted by molar-refractivity contribution is -0.124. The van der Waals surface area contributed by atoms with Gasteiger partial charge in [0.25, 0.3) is 17.0 Å². The number of piperidine rings is 1. The van der Waals surface area contributed by atoms with Gasteiger partial charge < -0.3 is 15.0 Å². The number of alkyl halides is 2. The summed E-state index contributed by atoms with van der Waals surface area (Å²) >= 11 is 1.07. The number of thiazole rings is 1.